The Balaban J connectivity index is 1.32. The zero-order valence-electron chi connectivity index (χ0n) is 16.4. The van der Waals surface area contributed by atoms with E-state index in [0.29, 0.717) is 30.5 Å². The van der Waals surface area contributed by atoms with E-state index in [9.17, 15) is 4.79 Å². The van der Waals surface area contributed by atoms with E-state index in [4.69, 9.17) is 23.5 Å². The third-order valence-corrected chi connectivity index (χ3v) is 4.34. The molecule has 3 aromatic rings. The van der Waals surface area contributed by atoms with E-state index in [1.165, 1.54) is 6.08 Å². The van der Waals surface area contributed by atoms with Crippen LogP contribution in [0.3, 0.4) is 0 Å². The Morgan fingerprint density at radius 1 is 1.10 bits per heavy atom. The first-order chi connectivity index (χ1) is 14.7. The van der Waals surface area contributed by atoms with Crippen molar-refractivity contribution in [3.63, 3.8) is 0 Å². The van der Waals surface area contributed by atoms with Gasteiger partial charge in [0.15, 0.2) is 18.1 Å². The molecule has 0 N–H and O–H groups in total. The molecule has 0 fully saturated rings. The first kappa shape index (κ1) is 19.5. The lowest BCUT2D eigenvalue weighted by molar-refractivity contribution is -0.139. The quantitative estimate of drug-likeness (QED) is 0.451. The van der Waals surface area contributed by atoms with Gasteiger partial charge in [-0.1, -0.05) is 11.2 Å². The Labute approximate surface area is 173 Å². The first-order valence-corrected chi connectivity index (χ1v) is 9.43. The van der Waals surface area contributed by atoms with Gasteiger partial charge in [-0.2, -0.15) is 4.98 Å². The van der Waals surface area contributed by atoms with Crippen molar-refractivity contribution in [3.05, 3.63) is 60.0 Å². The van der Waals surface area contributed by atoms with Crippen molar-refractivity contribution in [2.75, 3.05) is 20.3 Å². The summed E-state index contributed by atoms with van der Waals surface area (Å²) >= 11 is 0. The van der Waals surface area contributed by atoms with Gasteiger partial charge in [-0.05, 0) is 48.0 Å². The summed E-state index contributed by atoms with van der Waals surface area (Å²) in [5.74, 6) is 2.20. The number of aromatic nitrogens is 2. The summed E-state index contributed by atoms with van der Waals surface area (Å²) in [6.07, 6.45) is 3.82. The molecule has 0 radical (unpaired) electrons. The fourth-order valence-corrected chi connectivity index (χ4v) is 2.80. The lowest BCUT2D eigenvalue weighted by Gasteiger charge is -2.07. The number of nitrogens with zero attached hydrogens (tertiary/aromatic N) is 2. The highest BCUT2D eigenvalue weighted by Crippen LogP contribution is 2.30. The van der Waals surface area contributed by atoms with Crippen molar-refractivity contribution >= 4 is 12.0 Å². The van der Waals surface area contributed by atoms with Crippen molar-refractivity contribution < 1.29 is 28.3 Å². The van der Waals surface area contributed by atoms with Gasteiger partial charge >= 0.3 is 5.97 Å². The molecule has 1 aliphatic heterocycles. The van der Waals surface area contributed by atoms with Crippen LogP contribution in [0.2, 0.25) is 0 Å². The topological polar surface area (TPSA) is 92.9 Å². The highest BCUT2D eigenvalue weighted by atomic mass is 16.6. The Hall–Kier alpha value is -3.81. The average Bonchev–Trinajstić information content (AvgIpc) is 3.13. The second-order valence-electron chi connectivity index (χ2n) is 6.44. The van der Waals surface area contributed by atoms with Crippen LogP contribution in [-0.4, -0.2) is 36.4 Å². The lowest BCUT2D eigenvalue weighted by atomic mass is 10.2. The monoisotopic (exact) mass is 408 g/mol. The third kappa shape index (κ3) is 4.78. The molecule has 2 heterocycles. The molecule has 0 saturated heterocycles. The molecule has 0 bridgehead atoms. The number of esters is 1. The van der Waals surface area contributed by atoms with Crippen molar-refractivity contribution in [1.29, 1.82) is 0 Å². The third-order valence-electron chi connectivity index (χ3n) is 4.34. The van der Waals surface area contributed by atoms with Crippen molar-refractivity contribution in [1.82, 2.24) is 10.1 Å². The molecule has 0 saturated carbocycles. The smallest absolute Gasteiger partial charge is 0.331 e. The predicted octanol–water partition coefficient (Wildman–Crippen LogP) is 3.66. The second-order valence-corrected chi connectivity index (χ2v) is 6.44. The molecule has 8 nitrogen and oxygen atoms in total. The largest absolute Gasteiger partial charge is 0.497 e. The number of hydrogen-bond acceptors (Lipinski definition) is 8. The van der Waals surface area contributed by atoms with Crippen LogP contribution < -0.4 is 14.2 Å². The number of rotatable bonds is 6. The molecule has 8 heteroatoms. The van der Waals surface area contributed by atoms with Crippen molar-refractivity contribution in [2.24, 2.45) is 0 Å². The SMILES string of the molecule is COc1ccc(-c2noc(COC(=O)/C=C/c3ccc4c(c3)OCCCO4)n2)cc1. The van der Waals surface area contributed by atoms with E-state index in [1.54, 1.807) is 25.3 Å². The molecule has 0 spiro atoms. The Kier molecular flexibility index (Phi) is 5.93. The van der Waals surface area contributed by atoms with Crippen molar-refractivity contribution in [2.45, 2.75) is 13.0 Å². The zero-order chi connectivity index (χ0) is 20.8. The van der Waals surface area contributed by atoms with Crippen molar-refractivity contribution in [3.8, 4) is 28.6 Å². The standard InChI is InChI=1S/C22H20N2O6/c1-26-17-7-5-16(6-8-17)22-23-20(30-24-22)14-29-21(25)10-4-15-3-9-18-19(13-15)28-12-2-11-27-18/h3-10,13H,2,11-12,14H2,1H3/b10-4+. The van der Waals surface area contributed by atoms with Gasteiger partial charge in [0.2, 0.25) is 5.82 Å². The molecule has 1 aliphatic rings. The molecule has 30 heavy (non-hydrogen) atoms. The van der Waals surface area contributed by atoms with Crippen LogP contribution in [0.5, 0.6) is 17.2 Å². The molecule has 0 aliphatic carbocycles. The summed E-state index contributed by atoms with van der Waals surface area (Å²) in [6.45, 7) is 1.11. The number of hydrogen-bond donors (Lipinski definition) is 0. The van der Waals surface area contributed by atoms with Gasteiger partial charge < -0.3 is 23.5 Å². The first-order valence-electron chi connectivity index (χ1n) is 9.43. The fourth-order valence-electron chi connectivity index (χ4n) is 2.80. The Bertz CT molecular complexity index is 1040. The number of methoxy groups -OCH3 is 1. The molecular weight excluding hydrogens is 388 g/mol. The van der Waals surface area contributed by atoms with E-state index in [1.807, 2.05) is 30.3 Å². The summed E-state index contributed by atoms with van der Waals surface area (Å²) in [6, 6.07) is 12.7. The zero-order valence-corrected chi connectivity index (χ0v) is 16.4. The van der Waals surface area contributed by atoms with E-state index in [0.717, 1.165) is 23.3 Å². The maximum Gasteiger partial charge on any atom is 0.331 e. The van der Waals surface area contributed by atoms with Crippen LogP contribution in [0.15, 0.2) is 53.1 Å². The molecule has 2 aromatic carbocycles. The molecule has 154 valence electrons. The van der Waals surface area contributed by atoms with E-state index in [-0.39, 0.29) is 12.5 Å². The summed E-state index contributed by atoms with van der Waals surface area (Å²) in [5.41, 5.74) is 1.57. The summed E-state index contributed by atoms with van der Waals surface area (Å²) in [5, 5.41) is 3.90. The van der Waals surface area contributed by atoms with Crippen LogP contribution >= 0.6 is 0 Å². The number of benzene rings is 2. The van der Waals surface area contributed by atoms with Gasteiger partial charge in [-0.15, -0.1) is 0 Å². The Morgan fingerprint density at radius 3 is 2.70 bits per heavy atom. The van der Waals surface area contributed by atoms with Crippen LogP contribution in [0, 0.1) is 0 Å². The van der Waals surface area contributed by atoms with E-state index in [2.05, 4.69) is 10.1 Å². The summed E-state index contributed by atoms with van der Waals surface area (Å²) < 4.78 is 26.7. The van der Waals surface area contributed by atoms with Crippen LogP contribution in [0.25, 0.3) is 17.5 Å². The van der Waals surface area contributed by atoms with E-state index >= 15 is 0 Å². The van der Waals surface area contributed by atoms with Gasteiger partial charge in [-0.3, -0.25) is 0 Å². The number of fused-ring (bicyclic) bond motifs is 1. The number of carbonyl (C=O) groups is 1. The maximum absolute atomic E-state index is 12.0. The highest BCUT2D eigenvalue weighted by Gasteiger charge is 2.12. The second kappa shape index (κ2) is 9.13. The molecule has 0 unspecified atom stereocenters. The van der Waals surface area contributed by atoms with Crippen LogP contribution in [0.1, 0.15) is 17.9 Å². The Morgan fingerprint density at radius 2 is 1.90 bits per heavy atom. The minimum Gasteiger partial charge on any atom is -0.497 e. The van der Waals surface area contributed by atoms with Crippen LogP contribution in [0.4, 0.5) is 0 Å². The molecule has 0 amide bonds. The van der Waals surface area contributed by atoms with Gasteiger partial charge in [0.05, 0.1) is 20.3 Å². The molecule has 0 atom stereocenters. The number of ether oxygens (including phenoxy) is 4. The average molecular weight is 408 g/mol. The predicted molar refractivity (Wildman–Crippen MR) is 107 cm³/mol. The summed E-state index contributed by atoms with van der Waals surface area (Å²) in [7, 11) is 1.60. The molecule has 1 aromatic heterocycles. The molecular formula is C22H20N2O6. The molecule has 4 rings (SSSR count). The van der Waals surface area contributed by atoms with Gasteiger partial charge in [-0.25, -0.2) is 4.79 Å². The number of carbonyl (C=O) groups excluding carboxylic acids is 1. The lowest BCUT2D eigenvalue weighted by Crippen LogP contribution is -2.01. The van der Waals surface area contributed by atoms with Gasteiger partial charge in [0, 0.05) is 18.1 Å². The fraction of sp³-hybridized carbons (Fsp3) is 0.227. The highest BCUT2D eigenvalue weighted by molar-refractivity contribution is 5.87. The summed E-state index contributed by atoms with van der Waals surface area (Å²) in [4.78, 5) is 16.2. The van der Waals surface area contributed by atoms with Crippen LogP contribution in [-0.2, 0) is 16.1 Å². The minimum atomic E-state index is -0.522. The van der Waals surface area contributed by atoms with E-state index < -0.39 is 5.97 Å². The maximum atomic E-state index is 12.0. The van der Waals surface area contributed by atoms with Gasteiger partial charge in [0.1, 0.15) is 5.75 Å². The van der Waals surface area contributed by atoms with Gasteiger partial charge in [0.25, 0.3) is 5.89 Å². The normalized spacial score (nSPS) is 13.1. The minimum absolute atomic E-state index is 0.118.